The first-order valence-corrected chi connectivity index (χ1v) is 8.82. The summed E-state index contributed by atoms with van der Waals surface area (Å²) in [6.45, 7) is 4.62. The third-order valence-electron chi connectivity index (χ3n) is 3.69. The molecule has 0 aliphatic rings. The predicted molar refractivity (Wildman–Crippen MR) is 110 cm³/mol. The number of anilines is 5. The van der Waals surface area contributed by atoms with E-state index in [0.29, 0.717) is 23.1 Å². The summed E-state index contributed by atoms with van der Waals surface area (Å²) in [6.07, 6.45) is 0. The minimum Gasteiger partial charge on any atom is -0.354 e. The lowest BCUT2D eigenvalue weighted by Gasteiger charge is -2.11. The number of carbonyl (C=O) groups is 1. The predicted octanol–water partition coefficient (Wildman–Crippen LogP) is 4.74. The molecule has 2 amide bonds. The molecular weight excluding hydrogens is 359 g/mol. The molecule has 0 unspecified atom stereocenters. The first-order valence-electron chi connectivity index (χ1n) is 8.82. The fraction of sp³-hybridized carbons (Fsp3) is 0.150. The van der Waals surface area contributed by atoms with Crippen LogP contribution in [0.15, 0.2) is 54.6 Å². The van der Waals surface area contributed by atoms with Gasteiger partial charge in [0.2, 0.25) is 5.95 Å². The first-order chi connectivity index (χ1) is 13.5. The monoisotopic (exact) mass is 380 g/mol. The first kappa shape index (κ1) is 19.1. The highest BCUT2D eigenvalue weighted by molar-refractivity contribution is 5.99. The van der Waals surface area contributed by atoms with Crippen LogP contribution in [0.3, 0.4) is 0 Å². The van der Waals surface area contributed by atoms with Crippen molar-refractivity contribution in [3.8, 4) is 0 Å². The average Bonchev–Trinajstić information content (AvgIpc) is 2.63. The Balaban J connectivity index is 1.61. The minimum absolute atomic E-state index is 0.381. The van der Waals surface area contributed by atoms with Crippen molar-refractivity contribution in [1.82, 2.24) is 9.97 Å². The van der Waals surface area contributed by atoms with Crippen molar-refractivity contribution >= 4 is 34.9 Å². The zero-order chi connectivity index (χ0) is 19.9. The molecule has 4 N–H and O–H groups in total. The lowest BCUT2D eigenvalue weighted by atomic mass is 10.2. The fourth-order valence-electron chi connectivity index (χ4n) is 2.51. The SMILES string of the molecule is CCNc1nc(C)cc(Nc2ccc(NC(=O)Nc3cccc(F)c3)cc2)n1. The topological polar surface area (TPSA) is 91.0 Å². The van der Waals surface area contributed by atoms with E-state index in [4.69, 9.17) is 0 Å². The van der Waals surface area contributed by atoms with Gasteiger partial charge >= 0.3 is 6.03 Å². The van der Waals surface area contributed by atoms with E-state index in [9.17, 15) is 9.18 Å². The van der Waals surface area contributed by atoms with Crippen molar-refractivity contribution in [2.45, 2.75) is 13.8 Å². The molecule has 0 bridgehead atoms. The van der Waals surface area contributed by atoms with Crippen LogP contribution in [0.1, 0.15) is 12.6 Å². The second kappa shape index (κ2) is 8.81. The van der Waals surface area contributed by atoms with E-state index in [1.54, 1.807) is 18.2 Å². The molecule has 7 nitrogen and oxygen atoms in total. The number of halogens is 1. The largest absolute Gasteiger partial charge is 0.354 e. The molecule has 0 aliphatic heterocycles. The van der Waals surface area contributed by atoms with Crippen LogP contribution in [-0.2, 0) is 0 Å². The Hall–Kier alpha value is -3.68. The van der Waals surface area contributed by atoms with Crippen LogP contribution >= 0.6 is 0 Å². The Bertz CT molecular complexity index is 961. The molecule has 0 atom stereocenters. The van der Waals surface area contributed by atoms with Gasteiger partial charge in [-0.25, -0.2) is 14.2 Å². The molecule has 1 aromatic heterocycles. The Labute approximate surface area is 162 Å². The van der Waals surface area contributed by atoms with Crippen LogP contribution in [-0.4, -0.2) is 22.5 Å². The number of aromatic nitrogens is 2. The highest BCUT2D eigenvalue weighted by Gasteiger charge is 2.05. The highest BCUT2D eigenvalue weighted by Crippen LogP contribution is 2.19. The maximum Gasteiger partial charge on any atom is 0.323 e. The molecule has 8 heteroatoms. The summed E-state index contributed by atoms with van der Waals surface area (Å²) in [6, 6.07) is 14.3. The number of hydrogen-bond donors (Lipinski definition) is 4. The number of urea groups is 1. The quantitative estimate of drug-likeness (QED) is 0.496. The summed E-state index contributed by atoms with van der Waals surface area (Å²) >= 11 is 0. The van der Waals surface area contributed by atoms with E-state index in [-0.39, 0.29) is 0 Å². The van der Waals surface area contributed by atoms with E-state index >= 15 is 0 Å². The third-order valence-corrected chi connectivity index (χ3v) is 3.69. The molecule has 0 fully saturated rings. The number of aryl methyl sites for hydroxylation is 1. The van der Waals surface area contributed by atoms with E-state index in [2.05, 4.69) is 31.2 Å². The number of rotatable bonds is 6. The van der Waals surface area contributed by atoms with Gasteiger partial charge in [-0.2, -0.15) is 4.98 Å². The van der Waals surface area contributed by atoms with Gasteiger partial charge in [0.25, 0.3) is 0 Å². The molecule has 2 aromatic carbocycles. The lowest BCUT2D eigenvalue weighted by molar-refractivity contribution is 0.262. The van der Waals surface area contributed by atoms with Crippen LogP contribution in [0.5, 0.6) is 0 Å². The van der Waals surface area contributed by atoms with Crippen molar-refractivity contribution in [2.24, 2.45) is 0 Å². The van der Waals surface area contributed by atoms with Gasteiger partial charge in [0.1, 0.15) is 11.6 Å². The molecule has 0 radical (unpaired) electrons. The van der Waals surface area contributed by atoms with Gasteiger partial charge in [-0.1, -0.05) is 6.07 Å². The lowest BCUT2D eigenvalue weighted by Crippen LogP contribution is -2.19. The molecule has 0 saturated carbocycles. The van der Waals surface area contributed by atoms with Crippen LogP contribution in [0.25, 0.3) is 0 Å². The normalized spacial score (nSPS) is 10.2. The van der Waals surface area contributed by atoms with E-state index in [1.165, 1.54) is 18.2 Å². The highest BCUT2D eigenvalue weighted by atomic mass is 19.1. The Morgan fingerprint density at radius 2 is 1.68 bits per heavy atom. The second-order valence-corrected chi connectivity index (χ2v) is 6.04. The maximum absolute atomic E-state index is 13.2. The van der Waals surface area contributed by atoms with Gasteiger partial charge < -0.3 is 21.3 Å². The van der Waals surface area contributed by atoms with Crippen LogP contribution < -0.4 is 21.3 Å². The van der Waals surface area contributed by atoms with Crippen molar-refractivity contribution in [3.05, 3.63) is 66.1 Å². The van der Waals surface area contributed by atoms with Crippen molar-refractivity contribution in [1.29, 1.82) is 0 Å². The third kappa shape index (κ3) is 5.41. The molecular formula is C20H21FN6O. The van der Waals surface area contributed by atoms with Gasteiger partial charge in [0, 0.05) is 35.4 Å². The van der Waals surface area contributed by atoms with Gasteiger partial charge in [0.15, 0.2) is 0 Å². The van der Waals surface area contributed by atoms with E-state index < -0.39 is 11.8 Å². The molecule has 0 spiro atoms. The minimum atomic E-state index is -0.451. The zero-order valence-corrected chi connectivity index (χ0v) is 15.6. The summed E-state index contributed by atoms with van der Waals surface area (Å²) in [4.78, 5) is 20.7. The maximum atomic E-state index is 13.2. The Kier molecular flexibility index (Phi) is 6.01. The molecule has 3 aromatic rings. The molecule has 1 heterocycles. The summed E-state index contributed by atoms with van der Waals surface area (Å²) < 4.78 is 13.2. The molecule has 144 valence electrons. The van der Waals surface area contributed by atoms with Crippen molar-refractivity contribution < 1.29 is 9.18 Å². The van der Waals surface area contributed by atoms with Gasteiger partial charge in [-0.15, -0.1) is 0 Å². The van der Waals surface area contributed by atoms with Gasteiger partial charge in [-0.3, -0.25) is 0 Å². The summed E-state index contributed by atoms with van der Waals surface area (Å²) in [5, 5.41) is 11.6. The Morgan fingerprint density at radius 1 is 0.964 bits per heavy atom. The number of nitrogens with one attached hydrogen (secondary N) is 4. The van der Waals surface area contributed by atoms with Crippen molar-refractivity contribution in [3.63, 3.8) is 0 Å². The van der Waals surface area contributed by atoms with Crippen molar-refractivity contribution in [2.75, 3.05) is 27.8 Å². The van der Waals surface area contributed by atoms with Crippen LogP contribution in [0.4, 0.5) is 38.0 Å². The summed E-state index contributed by atoms with van der Waals surface area (Å²) in [5.41, 5.74) is 2.65. The van der Waals surface area contributed by atoms with Gasteiger partial charge in [0.05, 0.1) is 0 Å². The van der Waals surface area contributed by atoms with Gasteiger partial charge in [-0.05, 0) is 56.3 Å². The van der Waals surface area contributed by atoms with Crippen LogP contribution in [0.2, 0.25) is 0 Å². The fourth-order valence-corrected chi connectivity index (χ4v) is 2.51. The number of amides is 2. The number of hydrogen-bond acceptors (Lipinski definition) is 5. The number of carbonyl (C=O) groups excluding carboxylic acids is 1. The van der Waals surface area contributed by atoms with E-state index in [1.807, 2.05) is 32.0 Å². The molecule has 0 saturated heterocycles. The molecule has 3 rings (SSSR count). The molecule has 0 aliphatic carbocycles. The van der Waals surface area contributed by atoms with E-state index in [0.717, 1.165) is 17.9 Å². The smallest absolute Gasteiger partial charge is 0.323 e. The standard InChI is InChI=1S/C20H21FN6O/c1-3-22-19-23-13(2)11-18(27-19)24-15-7-9-16(10-8-15)25-20(28)26-17-6-4-5-14(21)12-17/h4-12H,3H2,1-2H3,(H2,25,26,28)(H2,22,23,24,27). The van der Waals surface area contributed by atoms with Crippen LogP contribution in [0, 0.1) is 12.7 Å². The number of nitrogens with zero attached hydrogens (tertiary/aromatic N) is 2. The average molecular weight is 380 g/mol. The summed E-state index contributed by atoms with van der Waals surface area (Å²) in [7, 11) is 0. The summed E-state index contributed by atoms with van der Waals surface area (Å²) in [5.74, 6) is 0.829. The number of benzene rings is 2. The Morgan fingerprint density at radius 3 is 2.39 bits per heavy atom. The second-order valence-electron chi connectivity index (χ2n) is 6.04. The molecule has 28 heavy (non-hydrogen) atoms. The zero-order valence-electron chi connectivity index (χ0n) is 15.6.